The van der Waals surface area contributed by atoms with Crippen LogP contribution in [0.5, 0.6) is 0 Å². The molecule has 0 radical (unpaired) electrons. The fourth-order valence-corrected chi connectivity index (χ4v) is 3.15. The maximum absolute atomic E-state index is 12.5. The second-order valence-electron chi connectivity index (χ2n) is 5.50. The molecule has 0 N–H and O–H groups in total. The van der Waals surface area contributed by atoms with Crippen LogP contribution in [0.2, 0.25) is 0 Å². The minimum Gasteiger partial charge on any atom is -0.545 e. The van der Waals surface area contributed by atoms with E-state index in [1.165, 1.54) is 29.2 Å². The first-order valence-corrected chi connectivity index (χ1v) is 6.86. The number of carbonyl (C=O) groups is 3. The molecule has 108 valence electrons. The van der Waals surface area contributed by atoms with E-state index in [9.17, 15) is 19.5 Å². The van der Waals surface area contributed by atoms with Crippen LogP contribution in [0.25, 0.3) is 0 Å². The molecule has 0 spiro atoms. The topological polar surface area (TPSA) is 77.5 Å². The second kappa shape index (κ2) is 4.84. The Morgan fingerprint density at radius 1 is 1.19 bits per heavy atom. The van der Waals surface area contributed by atoms with Crippen LogP contribution in [-0.2, 0) is 9.59 Å². The predicted molar refractivity (Wildman–Crippen MR) is 73.2 cm³/mol. The van der Waals surface area contributed by atoms with E-state index in [0.29, 0.717) is 12.1 Å². The lowest BCUT2D eigenvalue weighted by atomic mass is 9.78. The zero-order valence-corrected chi connectivity index (χ0v) is 11.5. The summed E-state index contributed by atoms with van der Waals surface area (Å²) in [7, 11) is 0. The Morgan fingerprint density at radius 2 is 1.86 bits per heavy atom. The van der Waals surface area contributed by atoms with Gasteiger partial charge in [-0.3, -0.25) is 14.5 Å². The molecular formula is C16H14NO4-. The molecule has 1 saturated heterocycles. The number of fused-ring (bicyclic) bond motifs is 1. The summed E-state index contributed by atoms with van der Waals surface area (Å²) in [6, 6.07) is 5.62. The molecule has 5 heteroatoms. The molecule has 1 aromatic rings. The van der Waals surface area contributed by atoms with Gasteiger partial charge in [-0.2, -0.15) is 0 Å². The fraction of sp³-hybridized carbons (Fsp3) is 0.312. The van der Waals surface area contributed by atoms with E-state index >= 15 is 0 Å². The third-order valence-corrected chi connectivity index (χ3v) is 4.23. The lowest BCUT2D eigenvalue weighted by molar-refractivity contribution is -0.255. The number of nitrogens with zero attached hydrogens (tertiary/aromatic N) is 1. The van der Waals surface area contributed by atoms with Gasteiger partial charge in [0.2, 0.25) is 11.8 Å². The van der Waals surface area contributed by atoms with Gasteiger partial charge in [0, 0.05) is 0 Å². The van der Waals surface area contributed by atoms with Gasteiger partial charge in [0.1, 0.15) is 0 Å². The molecule has 0 saturated carbocycles. The minimum atomic E-state index is -1.29. The highest BCUT2D eigenvalue weighted by atomic mass is 16.4. The SMILES string of the molecule is CC1C=CCC2C(=O)N(c3ccc(C(=O)[O-])cc3)C(=O)C12. The van der Waals surface area contributed by atoms with E-state index in [1.807, 2.05) is 19.1 Å². The van der Waals surface area contributed by atoms with Gasteiger partial charge in [0.25, 0.3) is 0 Å². The van der Waals surface area contributed by atoms with Crippen molar-refractivity contribution in [1.82, 2.24) is 0 Å². The molecule has 2 aliphatic rings. The van der Waals surface area contributed by atoms with Gasteiger partial charge < -0.3 is 9.90 Å². The van der Waals surface area contributed by atoms with E-state index in [2.05, 4.69) is 0 Å². The van der Waals surface area contributed by atoms with Crippen LogP contribution in [0.3, 0.4) is 0 Å². The molecular weight excluding hydrogens is 270 g/mol. The average Bonchev–Trinajstić information content (AvgIpc) is 2.72. The third-order valence-electron chi connectivity index (χ3n) is 4.23. The molecule has 3 atom stereocenters. The van der Waals surface area contributed by atoms with E-state index in [1.54, 1.807) is 0 Å². The molecule has 1 fully saturated rings. The fourth-order valence-electron chi connectivity index (χ4n) is 3.15. The molecule has 1 aromatic carbocycles. The number of imide groups is 1. The number of rotatable bonds is 2. The van der Waals surface area contributed by atoms with Crippen LogP contribution >= 0.6 is 0 Å². The number of hydrogen-bond acceptors (Lipinski definition) is 4. The van der Waals surface area contributed by atoms with Crippen molar-refractivity contribution in [3.63, 3.8) is 0 Å². The Balaban J connectivity index is 1.94. The number of benzene rings is 1. The number of anilines is 1. The molecule has 0 aromatic heterocycles. The summed E-state index contributed by atoms with van der Waals surface area (Å²) in [6.07, 6.45) is 4.49. The van der Waals surface area contributed by atoms with Crippen molar-refractivity contribution in [1.29, 1.82) is 0 Å². The number of carboxylic acids is 1. The van der Waals surface area contributed by atoms with E-state index in [0.717, 1.165) is 0 Å². The molecule has 3 rings (SSSR count). The van der Waals surface area contributed by atoms with Gasteiger partial charge in [-0.15, -0.1) is 0 Å². The third kappa shape index (κ3) is 2.05. The van der Waals surface area contributed by atoms with Crippen LogP contribution in [-0.4, -0.2) is 17.8 Å². The maximum atomic E-state index is 12.5. The predicted octanol–water partition coefficient (Wildman–Crippen LogP) is 0.752. The smallest absolute Gasteiger partial charge is 0.238 e. The number of aromatic carboxylic acids is 1. The average molecular weight is 284 g/mol. The summed E-state index contributed by atoms with van der Waals surface area (Å²) in [5.74, 6) is -2.29. The molecule has 1 aliphatic heterocycles. The number of carbonyl (C=O) groups excluding carboxylic acids is 3. The summed E-state index contributed by atoms with van der Waals surface area (Å²) in [5.41, 5.74) is 0.432. The van der Waals surface area contributed by atoms with Crippen molar-refractivity contribution in [2.75, 3.05) is 4.90 Å². The highest BCUT2D eigenvalue weighted by molar-refractivity contribution is 6.22. The van der Waals surface area contributed by atoms with Crippen molar-refractivity contribution >= 4 is 23.5 Å². The number of allylic oxidation sites excluding steroid dienone is 2. The lowest BCUT2D eigenvalue weighted by Crippen LogP contribution is -2.31. The highest BCUT2D eigenvalue weighted by Crippen LogP contribution is 2.40. The van der Waals surface area contributed by atoms with Crippen molar-refractivity contribution in [3.05, 3.63) is 42.0 Å². The summed E-state index contributed by atoms with van der Waals surface area (Å²) in [5, 5.41) is 10.7. The molecule has 5 nitrogen and oxygen atoms in total. The molecule has 0 bridgehead atoms. The maximum Gasteiger partial charge on any atom is 0.238 e. The first-order valence-electron chi connectivity index (χ1n) is 6.86. The van der Waals surface area contributed by atoms with E-state index in [-0.39, 0.29) is 35.1 Å². The van der Waals surface area contributed by atoms with Crippen LogP contribution in [0.15, 0.2) is 36.4 Å². The quantitative estimate of drug-likeness (QED) is 0.593. The van der Waals surface area contributed by atoms with Gasteiger partial charge in [-0.1, -0.05) is 31.2 Å². The van der Waals surface area contributed by atoms with Crippen LogP contribution < -0.4 is 10.0 Å². The van der Waals surface area contributed by atoms with Crippen LogP contribution in [0.4, 0.5) is 5.69 Å². The largest absolute Gasteiger partial charge is 0.545 e. The normalized spacial score (nSPS) is 27.9. The standard InChI is InChI=1S/C16H15NO4/c1-9-3-2-4-12-13(9)15(19)17(14(12)18)11-7-5-10(6-8-11)16(20)21/h2-3,5-9,12-13H,4H2,1H3,(H,20,21)/p-1. The van der Waals surface area contributed by atoms with Crippen molar-refractivity contribution < 1.29 is 19.5 Å². The number of hydrogen-bond donors (Lipinski definition) is 0. The summed E-state index contributed by atoms with van der Waals surface area (Å²) >= 11 is 0. The highest BCUT2D eigenvalue weighted by Gasteiger charge is 2.50. The Kier molecular flexibility index (Phi) is 3.12. The molecule has 1 aliphatic carbocycles. The van der Waals surface area contributed by atoms with Crippen molar-refractivity contribution in [2.45, 2.75) is 13.3 Å². The Bertz CT molecular complexity index is 647. The van der Waals surface area contributed by atoms with Gasteiger partial charge in [0.05, 0.1) is 23.5 Å². The lowest BCUT2D eigenvalue weighted by Gasteiger charge is -2.22. The van der Waals surface area contributed by atoms with Crippen molar-refractivity contribution in [2.24, 2.45) is 17.8 Å². The van der Waals surface area contributed by atoms with Gasteiger partial charge in [-0.05, 0) is 30.0 Å². The van der Waals surface area contributed by atoms with Crippen LogP contribution in [0.1, 0.15) is 23.7 Å². The van der Waals surface area contributed by atoms with E-state index < -0.39 is 5.97 Å². The van der Waals surface area contributed by atoms with Gasteiger partial charge >= 0.3 is 0 Å². The zero-order valence-electron chi connectivity index (χ0n) is 11.5. The number of amides is 2. The summed E-state index contributed by atoms with van der Waals surface area (Å²) < 4.78 is 0. The van der Waals surface area contributed by atoms with Gasteiger partial charge in [-0.25, -0.2) is 0 Å². The van der Waals surface area contributed by atoms with Crippen molar-refractivity contribution in [3.8, 4) is 0 Å². The first kappa shape index (κ1) is 13.5. The summed E-state index contributed by atoms with van der Waals surface area (Å²) in [6.45, 7) is 1.93. The molecule has 21 heavy (non-hydrogen) atoms. The Hall–Kier alpha value is -2.43. The molecule has 2 amide bonds. The number of carboxylic acid groups (broad SMARTS) is 1. The molecule has 1 heterocycles. The Labute approximate surface area is 121 Å². The second-order valence-corrected chi connectivity index (χ2v) is 5.50. The zero-order chi connectivity index (χ0) is 15.1. The monoisotopic (exact) mass is 284 g/mol. The van der Waals surface area contributed by atoms with E-state index in [4.69, 9.17) is 0 Å². The van der Waals surface area contributed by atoms with Crippen LogP contribution in [0, 0.1) is 17.8 Å². The Morgan fingerprint density at radius 3 is 2.43 bits per heavy atom. The molecule has 3 unspecified atom stereocenters. The summed E-state index contributed by atoms with van der Waals surface area (Å²) in [4.78, 5) is 36.9. The van der Waals surface area contributed by atoms with Gasteiger partial charge in [0.15, 0.2) is 0 Å². The minimum absolute atomic E-state index is 0.0188. The first-order chi connectivity index (χ1) is 10.0.